The topological polar surface area (TPSA) is 72.2 Å². The van der Waals surface area contributed by atoms with Crippen LogP contribution in [-0.4, -0.2) is 8.42 Å². The third-order valence-electron chi connectivity index (χ3n) is 3.26. The lowest BCUT2D eigenvalue weighted by molar-refractivity contribution is 0.600. The van der Waals surface area contributed by atoms with Crippen LogP contribution in [0.15, 0.2) is 45.8 Å². The normalized spacial score (nSPS) is 11.4. The molecule has 0 bridgehead atoms. The van der Waals surface area contributed by atoms with Gasteiger partial charge >= 0.3 is 0 Å². The zero-order chi connectivity index (χ0) is 15.6. The zero-order valence-electron chi connectivity index (χ0n) is 11.9. The highest BCUT2D eigenvalue weighted by Gasteiger charge is 2.19. The average molecular weight is 369 g/mol. The predicted molar refractivity (Wildman–Crippen MR) is 88.8 cm³/mol. The van der Waals surface area contributed by atoms with Gasteiger partial charge in [-0.2, -0.15) is 0 Å². The second-order valence-electron chi connectivity index (χ2n) is 4.83. The first-order valence-corrected chi connectivity index (χ1v) is 8.70. The van der Waals surface area contributed by atoms with E-state index in [1.165, 1.54) is 0 Å². The number of anilines is 1. The third-order valence-corrected chi connectivity index (χ3v) is 5.46. The van der Waals surface area contributed by atoms with Crippen molar-refractivity contribution in [2.75, 3.05) is 4.72 Å². The van der Waals surface area contributed by atoms with Crippen LogP contribution in [0.25, 0.3) is 0 Å². The first kappa shape index (κ1) is 16.0. The maximum absolute atomic E-state index is 12.6. The van der Waals surface area contributed by atoms with Crippen LogP contribution in [0.5, 0.6) is 0 Å². The van der Waals surface area contributed by atoms with Crippen molar-refractivity contribution in [1.29, 1.82) is 0 Å². The van der Waals surface area contributed by atoms with Gasteiger partial charge in [-0.15, -0.1) is 0 Å². The van der Waals surface area contributed by atoms with E-state index in [1.807, 2.05) is 19.1 Å². The molecule has 4 nitrogen and oxygen atoms in total. The minimum atomic E-state index is -3.65. The van der Waals surface area contributed by atoms with Gasteiger partial charge < -0.3 is 5.73 Å². The summed E-state index contributed by atoms with van der Waals surface area (Å²) >= 11 is 3.33. The van der Waals surface area contributed by atoms with Crippen LogP contribution in [0.4, 0.5) is 5.69 Å². The Morgan fingerprint density at radius 2 is 1.81 bits per heavy atom. The highest BCUT2D eigenvalue weighted by Crippen LogP contribution is 2.27. The van der Waals surface area contributed by atoms with Gasteiger partial charge in [-0.25, -0.2) is 8.42 Å². The number of nitrogens with one attached hydrogen (secondary N) is 1. The summed E-state index contributed by atoms with van der Waals surface area (Å²) in [5.41, 5.74) is 8.69. The Morgan fingerprint density at radius 1 is 1.14 bits per heavy atom. The van der Waals surface area contributed by atoms with Crippen LogP contribution in [0.3, 0.4) is 0 Å². The molecule has 0 spiro atoms. The Morgan fingerprint density at radius 3 is 2.43 bits per heavy atom. The van der Waals surface area contributed by atoms with Crippen LogP contribution < -0.4 is 10.5 Å². The summed E-state index contributed by atoms with van der Waals surface area (Å²) in [5, 5.41) is 0. The molecule has 0 aliphatic heterocycles. The molecule has 2 rings (SSSR count). The van der Waals surface area contributed by atoms with E-state index in [4.69, 9.17) is 5.73 Å². The molecule has 0 aromatic heterocycles. The fourth-order valence-corrected chi connectivity index (χ4v) is 4.00. The van der Waals surface area contributed by atoms with Crippen LogP contribution in [0, 0.1) is 13.8 Å². The maximum atomic E-state index is 12.6. The first-order chi connectivity index (χ1) is 9.85. The van der Waals surface area contributed by atoms with Crippen molar-refractivity contribution >= 4 is 31.6 Å². The number of aryl methyl sites for hydroxylation is 2. The Bertz CT molecular complexity index is 773. The van der Waals surface area contributed by atoms with Crippen molar-refractivity contribution < 1.29 is 8.42 Å². The predicted octanol–water partition coefficient (Wildman–Crippen LogP) is 3.33. The standard InChI is InChI=1S/C15H17BrN2O2S/c1-10-7-11(2)15(8-12(10)9-17)21(19,20)18-14-6-4-3-5-13(14)16/h3-8,18H,9,17H2,1-2H3. The SMILES string of the molecule is Cc1cc(C)c(S(=O)(=O)Nc2ccccc2Br)cc1CN. The average Bonchev–Trinajstić information content (AvgIpc) is 2.41. The van der Waals surface area contributed by atoms with Crippen LogP contribution in [0.1, 0.15) is 16.7 Å². The number of hydrogen-bond donors (Lipinski definition) is 2. The largest absolute Gasteiger partial charge is 0.326 e. The van der Waals surface area contributed by atoms with Gasteiger partial charge in [-0.1, -0.05) is 18.2 Å². The summed E-state index contributed by atoms with van der Waals surface area (Å²) in [4.78, 5) is 0.254. The molecule has 0 unspecified atom stereocenters. The third kappa shape index (κ3) is 3.45. The lowest BCUT2D eigenvalue weighted by Crippen LogP contribution is -2.16. The van der Waals surface area contributed by atoms with Crippen molar-refractivity contribution in [1.82, 2.24) is 0 Å². The van der Waals surface area contributed by atoms with E-state index in [0.717, 1.165) is 11.1 Å². The smallest absolute Gasteiger partial charge is 0.262 e. The van der Waals surface area contributed by atoms with Gasteiger partial charge in [0.25, 0.3) is 10.0 Å². The molecule has 3 N–H and O–H groups in total. The second-order valence-corrected chi connectivity index (χ2v) is 7.34. The number of benzene rings is 2. The summed E-state index contributed by atoms with van der Waals surface area (Å²) in [6, 6.07) is 10.6. The fourth-order valence-electron chi connectivity index (χ4n) is 2.13. The first-order valence-electron chi connectivity index (χ1n) is 6.42. The minimum Gasteiger partial charge on any atom is -0.326 e. The molecule has 0 amide bonds. The van der Waals surface area contributed by atoms with E-state index in [1.54, 1.807) is 31.2 Å². The monoisotopic (exact) mass is 368 g/mol. The van der Waals surface area contributed by atoms with Gasteiger partial charge in [0.05, 0.1) is 10.6 Å². The second kappa shape index (κ2) is 6.17. The lowest BCUT2D eigenvalue weighted by atomic mass is 10.1. The number of para-hydroxylation sites is 1. The molecule has 0 radical (unpaired) electrons. The van der Waals surface area contributed by atoms with Gasteiger partial charge in [0.2, 0.25) is 0 Å². The zero-order valence-corrected chi connectivity index (χ0v) is 14.3. The van der Waals surface area contributed by atoms with Crippen LogP contribution in [0.2, 0.25) is 0 Å². The van der Waals surface area contributed by atoms with Gasteiger partial charge in [0.1, 0.15) is 0 Å². The summed E-state index contributed by atoms with van der Waals surface area (Å²) < 4.78 is 28.5. The van der Waals surface area contributed by atoms with Crippen molar-refractivity contribution in [3.8, 4) is 0 Å². The van der Waals surface area contributed by atoms with Crippen molar-refractivity contribution in [3.05, 3.63) is 57.6 Å². The molecule has 0 saturated heterocycles. The minimum absolute atomic E-state index is 0.254. The highest BCUT2D eigenvalue weighted by molar-refractivity contribution is 9.10. The van der Waals surface area contributed by atoms with E-state index in [0.29, 0.717) is 22.3 Å². The fraction of sp³-hybridized carbons (Fsp3) is 0.200. The molecule has 0 saturated carbocycles. The summed E-state index contributed by atoms with van der Waals surface area (Å²) in [7, 11) is -3.65. The van der Waals surface area contributed by atoms with Gasteiger partial charge in [-0.3, -0.25) is 4.72 Å². The molecule has 21 heavy (non-hydrogen) atoms. The Kier molecular flexibility index (Phi) is 4.70. The van der Waals surface area contributed by atoms with Gasteiger partial charge in [0, 0.05) is 11.0 Å². The Hall–Kier alpha value is -1.37. The summed E-state index contributed by atoms with van der Waals surface area (Å²) in [5.74, 6) is 0. The molecule has 0 atom stereocenters. The maximum Gasteiger partial charge on any atom is 0.262 e. The van der Waals surface area contributed by atoms with E-state index in [2.05, 4.69) is 20.7 Å². The number of rotatable bonds is 4. The van der Waals surface area contributed by atoms with Gasteiger partial charge in [0.15, 0.2) is 0 Å². The van der Waals surface area contributed by atoms with Crippen molar-refractivity contribution in [3.63, 3.8) is 0 Å². The summed E-state index contributed by atoms with van der Waals surface area (Å²) in [6.07, 6.45) is 0. The molecule has 0 heterocycles. The summed E-state index contributed by atoms with van der Waals surface area (Å²) in [6.45, 7) is 4.01. The molecular formula is C15H17BrN2O2S. The van der Waals surface area contributed by atoms with E-state index in [9.17, 15) is 8.42 Å². The highest BCUT2D eigenvalue weighted by atomic mass is 79.9. The van der Waals surface area contributed by atoms with Crippen LogP contribution in [-0.2, 0) is 16.6 Å². The number of sulfonamides is 1. The lowest BCUT2D eigenvalue weighted by Gasteiger charge is -2.14. The molecule has 6 heteroatoms. The molecule has 2 aromatic carbocycles. The molecule has 2 aromatic rings. The van der Waals surface area contributed by atoms with Gasteiger partial charge in [-0.05, 0) is 64.7 Å². The van der Waals surface area contributed by atoms with E-state index in [-0.39, 0.29) is 4.90 Å². The van der Waals surface area contributed by atoms with E-state index >= 15 is 0 Å². The van der Waals surface area contributed by atoms with Crippen molar-refractivity contribution in [2.45, 2.75) is 25.3 Å². The molecule has 0 fully saturated rings. The quantitative estimate of drug-likeness (QED) is 0.869. The Balaban J connectivity index is 2.47. The molecule has 112 valence electrons. The Labute approximate surface area is 133 Å². The molecule has 0 aliphatic carbocycles. The number of hydrogen-bond acceptors (Lipinski definition) is 3. The molecule has 0 aliphatic rings. The molecular weight excluding hydrogens is 352 g/mol. The number of nitrogens with two attached hydrogens (primary N) is 1. The number of halogens is 1. The van der Waals surface area contributed by atoms with E-state index < -0.39 is 10.0 Å². The van der Waals surface area contributed by atoms with Crippen molar-refractivity contribution in [2.24, 2.45) is 5.73 Å². The van der Waals surface area contributed by atoms with Crippen LogP contribution >= 0.6 is 15.9 Å².